The lowest BCUT2D eigenvalue weighted by atomic mass is 10.2. The van der Waals surface area contributed by atoms with Crippen molar-refractivity contribution in [3.8, 4) is 0 Å². The van der Waals surface area contributed by atoms with E-state index in [-0.39, 0.29) is 22.1 Å². The van der Waals surface area contributed by atoms with Gasteiger partial charge in [0.1, 0.15) is 0 Å². The van der Waals surface area contributed by atoms with Crippen LogP contribution in [-0.2, 0) is 11.3 Å². The number of rotatable bonds is 8. The van der Waals surface area contributed by atoms with Gasteiger partial charge in [0.15, 0.2) is 5.16 Å². The summed E-state index contributed by atoms with van der Waals surface area (Å²) in [6.07, 6.45) is 1.74. The molecule has 1 unspecified atom stereocenters. The third-order valence-corrected chi connectivity index (χ3v) is 4.95. The van der Waals surface area contributed by atoms with Gasteiger partial charge >= 0.3 is 5.69 Å². The van der Waals surface area contributed by atoms with Crippen LogP contribution in [0.2, 0.25) is 5.02 Å². The molecular weight excluding hydrogens is 382 g/mol. The maximum Gasteiger partial charge on any atom is 0.343 e. The summed E-state index contributed by atoms with van der Waals surface area (Å²) in [7, 11) is 0. The molecule has 0 fully saturated rings. The predicted octanol–water partition coefficient (Wildman–Crippen LogP) is 3.05. The Morgan fingerprint density at radius 3 is 2.92 bits per heavy atom. The zero-order valence-corrected chi connectivity index (χ0v) is 15.8. The molecule has 0 bridgehead atoms. The molecule has 0 aliphatic carbocycles. The van der Waals surface area contributed by atoms with Crippen LogP contribution in [0.25, 0.3) is 0 Å². The number of nitro benzene ring substituents is 1. The van der Waals surface area contributed by atoms with Crippen LogP contribution in [0, 0.1) is 10.1 Å². The number of aromatic amines is 1. The lowest BCUT2D eigenvalue weighted by Gasteiger charge is -2.13. The summed E-state index contributed by atoms with van der Waals surface area (Å²) >= 11 is 7.11. The number of carbonyl (C=O) groups excluding carboxylic acids is 1. The molecule has 1 aromatic carbocycles. The molecule has 2 aromatic rings. The Hall–Kier alpha value is -2.33. The molecule has 0 aliphatic heterocycles. The van der Waals surface area contributed by atoms with E-state index in [1.54, 1.807) is 6.92 Å². The molecule has 0 aliphatic rings. The van der Waals surface area contributed by atoms with Gasteiger partial charge in [0.25, 0.3) is 5.69 Å². The van der Waals surface area contributed by atoms with Crippen molar-refractivity contribution in [1.82, 2.24) is 14.8 Å². The molecule has 0 saturated heterocycles. The van der Waals surface area contributed by atoms with E-state index in [9.17, 15) is 19.7 Å². The summed E-state index contributed by atoms with van der Waals surface area (Å²) in [5.74, 6) is -0.408. The Kier molecular flexibility index (Phi) is 6.81. The predicted molar refractivity (Wildman–Crippen MR) is 99.8 cm³/mol. The van der Waals surface area contributed by atoms with Gasteiger partial charge in [0.05, 0.1) is 20.9 Å². The third-order valence-electron chi connectivity index (χ3n) is 3.53. The van der Waals surface area contributed by atoms with Crippen molar-refractivity contribution in [2.24, 2.45) is 0 Å². The molecule has 1 atom stereocenters. The van der Waals surface area contributed by atoms with Crippen molar-refractivity contribution in [3.05, 3.63) is 43.8 Å². The maximum atomic E-state index is 12.4. The van der Waals surface area contributed by atoms with E-state index in [4.69, 9.17) is 11.6 Å². The number of H-pyrrole nitrogens is 1. The number of unbranched alkanes of at least 4 members (excludes halogenated alkanes) is 1. The average Bonchev–Trinajstić information content (AvgIpc) is 2.94. The highest BCUT2D eigenvalue weighted by molar-refractivity contribution is 8.00. The smallest absolute Gasteiger partial charge is 0.324 e. The normalized spacial score (nSPS) is 12.0. The fourth-order valence-corrected chi connectivity index (χ4v) is 3.12. The topological polar surface area (TPSA) is 123 Å². The van der Waals surface area contributed by atoms with Crippen LogP contribution in [-0.4, -0.2) is 30.8 Å². The van der Waals surface area contributed by atoms with E-state index in [1.807, 2.05) is 6.92 Å². The van der Waals surface area contributed by atoms with Gasteiger partial charge in [-0.1, -0.05) is 36.7 Å². The third kappa shape index (κ3) is 4.85. The standard InChI is InChI=1S/C15H18ClN5O4S/c1-3-4-7-20-14(23)18-19-15(20)26-9(2)13(22)17-12-8-10(21(24)25)5-6-11(12)16/h5-6,8-9H,3-4,7H2,1-2H3,(H,17,22)(H,18,23). The first-order chi connectivity index (χ1) is 12.3. The molecule has 1 heterocycles. The Morgan fingerprint density at radius 1 is 1.54 bits per heavy atom. The molecule has 140 valence electrons. The lowest BCUT2D eigenvalue weighted by Crippen LogP contribution is -2.24. The first-order valence-electron chi connectivity index (χ1n) is 7.90. The van der Waals surface area contributed by atoms with E-state index in [0.29, 0.717) is 11.7 Å². The van der Waals surface area contributed by atoms with Crippen molar-refractivity contribution in [2.45, 2.75) is 43.6 Å². The maximum absolute atomic E-state index is 12.4. The molecule has 26 heavy (non-hydrogen) atoms. The molecule has 1 amide bonds. The number of nitrogens with one attached hydrogen (secondary N) is 2. The van der Waals surface area contributed by atoms with Crippen LogP contribution < -0.4 is 11.0 Å². The van der Waals surface area contributed by atoms with Crippen LogP contribution >= 0.6 is 23.4 Å². The van der Waals surface area contributed by atoms with Gasteiger partial charge in [-0.3, -0.25) is 19.5 Å². The molecule has 0 saturated carbocycles. The van der Waals surface area contributed by atoms with Gasteiger partial charge < -0.3 is 5.32 Å². The van der Waals surface area contributed by atoms with Crippen molar-refractivity contribution in [2.75, 3.05) is 5.32 Å². The number of carbonyl (C=O) groups is 1. The van der Waals surface area contributed by atoms with Gasteiger partial charge in [-0.05, 0) is 19.4 Å². The van der Waals surface area contributed by atoms with E-state index in [2.05, 4.69) is 15.5 Å². The summed E-state index contributed by atoms with van der Waals surface area (Å²) in [4.78, 5) is 34.5. The van der Waals surface area contributed by atoms with Gasteiger partial charge in [0, 0.05) is 18.7 Å². The summed E-state index contributed by atoms with van der Waals surface area (Å²) in [5.41, 5.74) is -0.343. The van der Waals surface area contributed by atoms with Crippen molar-refractivity contribution < 1.29 is 9.72 Å². The molecule has 11 heteroatoms. The highest BCUT2D eigenvalue weighted by Crippen LogP contribution is 2.28. The number of hydrogen-bond donors (Lipinski definition) is 2. The Bertz CT molecular complexity index is 866. The summed E-state index contributed by atoms with van der Waals surface area (Å²) in [5, 5.41) is 19.8. The lowest BCUT2D eigenvalue weighted by molar-refractivity contribution is -0.384. The molecule has 2 N–H and O–H groups in total. The zero-order chi connectivity index (χ0) is 19.3. The van der Waals surface area contributed by atoms with E-state index in [1.165, 1.54) is 22.8 Å². The number of non-ortho nitro benzene ring substituents is 1. The minimum atomic E-state index is -0.596. The highest BCUT2D eigenvalue weighted by Gasteiger charge is 2.20. The van der Waals surface area contributed by atoms with Crippen LogP contribution in [0.4, 0.5) is 11.4 Å². The molecule has 0 spiro atoms. The van der Waals surface area contributed by atoms with Crippen molar-refractivity contribution in [1.29, 1.82) is 0 Å². The number of anilines is 1. The second kappa shape index (κ2) is 8.86. The molecule has 1 aromatic heterocycles. The number of benzene rings is 1. The number of thioether (sulfide) groups is 1. The minimum Gasteiger partial charge on any atom is -0.324 e. The van der Waals surface area contributed by atoms with Crippen LogP contribution in [0.1, 0.15) is 26.7 Å². The first-order valence-corrected chi connectivity index (χ1v) is 9.16. The number of nitrogens with zero attached hydrogens (tertiary/aromatic N) is 3. The van der Waals surface area contributed by atoms with E-state index >= 15 is 0 Å². The number of hydrogen-bond acceptors (Lipinski definition) is 6. The number of amides is 1. The average molecular weight is 400 g/mol. The SMILES string of the molecule is CCCCn1c(SC(C)C(=O)Nc2cc([N+](=O)[O-])ccc2Cl)n[nH]c1=O. The van der Waals surface area contributed by atoms with Crippen molar-refractivity contribution in [3.63, 3.8) is 0 Å². The minimum absolute atomic E-state index is 0.156. The van der Waals surface area contributed by atoms with Crippen LogP contribution in [0.3, 0.4) is 0 Å². The monoisotopic (exact) mass is 399 g/mol. The fraction of sp³-hybridized carbons (Fsp3) is 0.400. The van der Waals surface area contributed by atoms with Gasteiger partial charge in [-0.25, -0.2) is 9.89 Å². The second-order valence-electron chi connectivity index (χ2n) is 5.49. The summed E-state index contributed by atoms with van der Waals surface area (Å²) in [6, 6.07) is 3.80. The second-order valence-corrected chi connectivity index (χ2v) is 7.20. The van der Waals surface area contributed by atoms with Crippen LogP contribution in [0.15, 0.2) is 28.2 Å². The molecule has 2 rings (SSSR count). The number of halogens is 1. The Morgan fingerprint density at radius 2 is 2.27 bits per heavy atom. The quantitative estimate of drug-likeness (QED) is 0.399. The molecule has 9 nitrogen and oxygen atoms in total. The Balaban J connectivity index is 2.10. The van der Waals surface area contributed by atoms with Gasteiger partial charge in [-0.15, -0.1) is 5.10 Å². The summed E-state index contributed by atoms with van der Waals surface area (Å²) in [6.45, 7) is 4.17. The largest absolute Gasteiger partial charge is 0.343 e. The first kappa shape index (κ1) is 20.0. The zero-order valence-electron chi connectivity index (χ0n) is 14.2. The summed E-state index contributed by atoms with van der Waals surface area (Å²) < 4.78 is 1.48. The van der Waals surface area contributed by atoms with E-state index < -0.39 is 16.1 Å². The van der Waals surface area contributed by atoms with Crippen LogP contribution in [0.5, 0.6) is 0 Å². The van der Waals surface area contributed by atoms with E-state index in [0.717, 1.165) is 24.6 Å². The Labute approximate surface area is 158 Å². The van der Waals surface area contributed by atoms with Gasteiger partial charge in [0.2, 0.25) is 5.91 Å². The van der Waals surface area contributed by atoms with Gasteiger partial charge in [-0.2, -0.15) is 0 Å². The van der Waals surface area contributed by atoms with Crippen molar-refractivity contribution >= 4 is 40.6 Å². The molecular formula is C15H18ClN5O4S. The number of aromatic nitrogens is 3. The number of nitro groups is 1. The molecule has 0 radical (unpaired) electrons. The highest BCUT2D eigenvalue weighted by atomic mass is 35.5. The fourth-order valence-electron chi connectivity index (χ4n) is 2.08.